The van der Waals surface area contributed by atoms with Crippen LogP contribution in [-0.4, -0.2) is 38.6 Å². The van der Waals surface area contributed by atoms with E-state index in [4.69, 9.17) is 4.74 Å². The molecule has 0 saturated heterocycles. The Balaban J connectivity index is 0. The molecule has 0 rings (SSSR count). The summed E-state index contributed by atoms with van der Waals surface area (Å²) in [5.41, 5.74) is 0. The second-order valence-corrected chi connectivity index (χ2v) is 6.27. The Morgan fingerprint density at radius 1 is 0.800 bits per heavy atom. The molecule has 0 heterocycles. The van der Waals surface area contributed by atoms with E-state index in [-0.39, 0.29) is 48.4 Å². The normalized spacial score (nSPS) is 11.3. The van der Waals surface area contributed by atoms with Crippen LogP contribution in [0.25, 0.3) is 0 Å². The first-order valence-electron chi connectivity index (χ1n) is 7.13. The summed E-state index contributed by atoms with van der Waals surface area (Å²) in [4.78, 5) is 0. The van der Waals surface area contributed by atoms with Crippen LogP contribution in [0.15, 0.2) is 0 Å². The van der Waals surface area contributed by atoms with Gasteiger partial charge in [-0.25, -0.2) is 8.42 Å². The van der Waals surface area contributed by atoms with Gasteiger partial charge in [-0.3, -0.25) is 4.39 Å². The quantitative estimate of drug-likeness (QED) is 0.257. The molecule has 0 aliphatic carbocycles. The summed E-state index contributed by atoms with van der Waals surface area (Å²) in [6.45, 7) is 0.760. The van der Waals surface area contributed by atoms with E-state index in [1.54, 1.807) is 0 Å². The molecule has 0 saturated carbocycles. The Bertz CT molecular complexity index is 286. The molecule has 0 aromatic carbocycles. The van der Waals surface area contributed by atoms with Crippen molar-refractivity contribution in [2.24, 2.45) is 0 Å². The Kier molecular flexibility index (Phi) is 18.7. The van der Waals surface area contributed by atoms with Gasteiger partial charge in [-0.1, -0.05) is 38.5 Å². The SMILES string of the molecule is O=S(=O)([O-])CCCOCCCCCCCCCCF.[Na+]. The monoisotopic (exact) mass is 320 g/mol. The van der Waals surface area contributed by atoms with Gasteiger partial charge in [-0.2, -0.15) is 0 Å². The van der Waals surface area contributed by atoms with E-state index in [0.29, 0.717) is 19.6 Å². The van der Waals surface area contributed by atoms with Crippen LogP contribution in [0.5, 0.6) is 0 Å². The fourth-order valence-electron chi connectivity index (χ4n) is 1.80. The number of hydrogen-bond acceptors (Lipinski definition) is 4. The first kappa shape index (κ1) is 23.1. The summed E-state index contributed by atoms with van der Waals surface area (Å²) in [5.74, 6) is -0.341. The van der Waals surface area contributed by atoms with E-state index in [1.165, 1.54) is 12.8 Å². The van der Waals surface area contributed by atoms with Gasteiger partial charge in [0.25, 0.3) is 0 Å². The van der Waals surface area contributed by atoms with Crippen LogP contribution < -0.4 is 29.6 Å². The number of alkyl halides is 1. The average Bonchev–Trinajstić information content (AvgIpc) is 2.34. The van der Waals surface area contributed by atoms with E-state index < -0.39 is 10.1 Å². The van der Waals surface area contributed by atoms with E-state index in [9.17, 15) is 17.4 Å². The molecule has 0 unspecified atom stereocenters. The predicted molar refractivity (Wildman–Crippen MR) is 72.9 cm³/mol. The van der Waals surface area contributed by atoms with E-state index in [1.807, 2.05) is 0 Å². The topological polar surface area (TPSA) is 66.4 Å². The first-order chi connectivity index (χ1) is 9.06. The van der Waals surface area contributed by atoms with Gasteiger partial charge < -0.3 is 9.29 Å². The van der Waals surface area contributed by atoms with Crippen molar-refractivity contribution in [2.45, 2.75) is 57.8 Å². The molecule has 0 atom stereocenters. The molecule has 0 aliphatic heterocycles. The second kappa shape index (κ2) is 16.2. The zero-order valence-electron chi connectivity index (χ0n) is 12.6. The predicted octanol–water partition coefficient (Wildman–Crippen LogP) is 0.0326. The van der Waals surface area contributed by atoms with Crippen molar-refractivity contribution in [3.05, 3.63) is 0 Å². The maximum absolute atomic E-state index is 11.8. The van der Waals surface area contributed by atoms with Gasteiger partial charge in [0.15, 0.2) is 0 Å². The Labute approximate surface area is 144 Å². The Morgan fingerprint density at radius 2 is 1.25 bits per heavy atom. The van der Waals surface area contributed by atoms with Crippen LogP contribution >= 0.6 is 0 Å². The molecule has 0 bridgehead atoms. The molecule has 0 aromatic rings. The van der Waals surface area contributed by atoms with Crippen LogP contribution in [0.1, 0.15) is 57.8 Å². The van der Waals surface area contributed by atoms with Gasteiger partial charge in [0.05, 0.1) is 16.8 Å². The van der Waals surface area contributed by atoms with Crippen molar-refractivity contribution in [1.29, 1.82) is 0 Å². The molecule has 116 valence electrons. The number of halogens is 1. The third-order valence-electron chi connectivity index (χ3n) is 2.86. The molecule has 0 fully saturated rings. The molecule has 20 heavy (non-hydrogen) atoms. The van der Waals surface area contributed by atoms with Crippen molar-refractivity contribution >= 4 is 10.1 Å². The zero-order chi connectivity index (χ0) is 14.4. The molecule has 0 aromatic heterocycles. The molecular weight excluding hydrogens is 294 g/mol. The molecule has 4 nitrogen and oxygen atoms in total. The van der Waals surface area contributed by atoms with Gasteiger partial charge in [-0.05, 0) is 19.3 Å². The van der Waals surface area contributed by atoms with Gasteiger partial charge in [0.1, 0.15) is 0 Å². The fourth-order valence-corrected chi connectivity index (χ4v) is 2.27. The van der Waals surface area contributed by atoms with Crippen molar-refractivity contribution < 1.29 is 51.7 Å². The van der Waals surface area contributed by atoms with Crippen LogP contribution in [-0.2, 0) is 14.9 Å². The Morgan fingerprint density at radius 3 is 1.75 bits per heavy atom. The number of hydrogen-bond donors (Lipinski definition) is 0. The van der Waals surface area contributed by atoms with Gasteiger partial charge in [-0.15, -0.1) is 0 Å². The van der Waals surface area contributed by atoms with E-state index in [0.717, 1.165) is 32.1 Å². The molecule has 0 aliphatic rings. The second-order valence-electron chi connectivity index (χ2n) is 4.75. The summed E-state index contributed by atoms with van der Waals surface area (Å²) < 4.78 is 47.9. The van der Waals surface area contributed by atoms with Crippen molar-refractivity contribution in [3.8, 4) is 0 Å². The summed E-state index contributed by atoms with van der Waals surface area (Å²) in [5, 5.41) is 0. The largest absolute Gasteiger partial charge is 1.00 e. The first-order valence-corrected chi connectivity index (χ1v) is 8.71. The third-order valence-corrected chi connectivity index (χ3v) is 3.64. The standard InChI is InChI=1S/C13H27FO4S.Na/c14-10-7-5-3-1-2-4-6-8-11-18-12-9-13-19(15,16)17;/h1-13H2,(H,15,16,17);/q;+1/p-1. The smallest absolute Gasteiger partial charge is 0.748 e. The summed E-state index contributed by atoms with van der Waals surface area (Å²) >= 11 is 0. The van der Waals surface area contributed by atoms with Crippen LogP contribution in [0.4, 0.5) is 4.39 Å². The van der Waals surface area contributed by atoms with E-state index >= 15 is 0 Å². The fraction of sp³-hybridized carbons (Fsp3) is 1.00. The molecule has 0 N–H and O–H groups in total. The summed E-state index contributed by atoms with van der Waals surface area (Å²) in [7, 11) is -4.09. The molecule has 0 amide bonds. The minimum atomic E-state index is -4.09. The maximum atomic E-state index is 11.8. The average molecular weight is 320 g/mol. The Hall–Kier alpha value is 0.800. The number of ether oxygens (including phenoxy) is 1. The van der Waals surface area contributed by atoms with Crippen LogP contribution in [0, 0.1) is 0 Å². The zero-order valence-corrected chi connectivity index (χ0v) is 15.4. The van der Waals surface area contributed by atoms with Crippen molar-refractivity contribution in [2.75, 3.05) is 25.6 Å². The van der Waals surface area contributed by atoms with Crippen LogP contribution in [0.3, 0.4) is 0 Å². The molecular formula is C13H26FNaO4S. The summed E-state index contributed by atoms with van der Waals surface area (Å²) in [6.07, 6.45) is 8.65. The molecule has 7 heteroatoms. The minimum absolute atomic E-state index is 0. The van der Waals surface area contributed by atoms with Crippen LogP contribution in [0.2, 0.25) is 0 Å². The molecule has 0 spiro atoms. The van der Waals surface area contributed by atoms with Crippen molar-refractivity contribution in [3.63, 3.8) is 0 Å². The maximum Gasteiger partial charge on any atom is 1.00 e. The summed E-state index contributed by atoms with van der Waals surface area (Å²) in [6, 6.07) is 0. The number of unbranched alkanes of at least 4 members (excludes halogenated alkanes) is 7. The molecule has 0 radical (unpaired) electrons. The van der Waals surface area contributed by atoms with Gasteiger partial charge in [0.2, 0.25) is 0 Å². The minimum Gasteiger partial charge on any atom is -0.748 e. The van der Waals surface area contributed by atoms with Gasteiger partial charge in [0, 0.05) is 19.0 Å². The van der Waals surface area contributed by atoms with Gasteiger partial charge >= 0.3 is 29.6 Å². The van der Waals surface area contributed by atoms with E-state index in [2.05, 4.69) is 0 Å². The van der Waals surface area contributed by atoms with Crippen molar-refractivity contribution in [1.82, 2.24) is 0 Å². The number of rotatable bonds is 14. The third kappa shape index (κ3) is 21.1.